The van der Waals surface area contributed by atoms with Crippen LogP contribution >= 0.6 is 11.8 Å². The van der Waals surface area contributed by atoms with Gasteiger partial charge < -0.3 is 5.73 Å². The molecular formula is C9H16N2OS. The molecule has 0 rings (SSSR count). The minimum atomic E-state index is -0.947. The number of ketones is 1. The van der Waals surface area contributed by atoms with Crippen LogP contribution in [0.25, 0.3) is 0 Å². The maximum Gasteiger partial charge on any atom is 0.169 e. The molecule has 0 amide bonds. The van der Waals surface area contributed by atoms with Crippen LogP contribution in [-0.4, -0.2) is 23.8 Å². The highest BCUT2D eigenvalue weighted by molar-refractivity contribution is 7.98. The Balaban J connectivity index is 4.19. The maximum absolute atomic E-state index is 11.5. The lowest BCUT2D eigenvalue weighted by atomic mass is 9.85. The van der Waals surface area contributed by atoms with Crippen LogP contribution in [0.1, 0.15) is 20.3 Å². The summed E-state index contributed by atoms with van der Waals surface area (Å²) < 4.78 is 0. The third kappa shape index (κ3) is 3.79. The molecule has 0 heterocycles. The highest BCUT2D eigenvalue weighted by Crippen LogP contribution is 2.17. The van der Waals surface area contributed by atoms with E-state index in [-0.39, 0.29) is 5.78 Å². The van der Waals surface area contributed by atoms with Gasteiger partial charge in [-0.15, -0.1) is 0 Å². The summed E-state index contributed by atoms with van der Waals surface area (Å²) in [5.74, 6) is 0.693. The van der Waals surface area contributed by atoms with Crippen molar-refractivity contribution in [3.63, 3.8) is 0 Å². The summed E-state index contributed by atoms with van der Waals surface area (Å²) >= 11 is 1.65. The van der Waals surface area contributed by atoms with Crippen LogP contribution in [0.3, 0.4) is 0 Å². The van der Waals surface area contributed by atoms with E-state index >= 15 is 0 Å². The van der Waals surface area contributed by atoms with Crippen molar-refractivity contribution in [2.24, 2.45) is 11.1 Å². The average Bonchev–Trinajstić information content (AvgIpc) is 2.12. The molecule has 0 aromatic carbocycles. The van der Waals surface area contributed by atoms with E-state index < -0.39 is 11.5 Å². The number of carbonyl (C=O) groups is 1. The van der Waals surface area contributed by atoms with Gasteiger partial charge in [-0.3, -0.25) is 4.79 Å². The zero-order chi connectivity index (χ0) is 10.5. The molecule has 0 aromatic rings. The Morgan fingerprint density at radius 2 is 2.23 bits per heavy atom. The molecule has 0 aromatic heterocycles. The van der Waals surface area contributed by atoms with Gasteiger partial charge in [0.25, 0.3) is 0 Å². The van der Waals surface area contributed by atoms with Crippen molar-refractivity contribution in [2.45, 2.75) is 26.3 Å². The van der Waals surface area contributed by atoms with Crippen molar-refractivity contribution in [2.75, 3.05) is 12.0 Å². The molecule has 13 heavy (non-hydrogen) atoms. The monoisotopic (exact) mass is 200 g/mol. The quantitative estimate of drug-likeness (QED) is 0.723. The first-order chi connectivity index (χ1) is 5.95. The van der Waals surface area contributed by atoms with E-state index in [1.807, 2.05) is 12.3 Å². The second kappa shape index (κ2) is 5.25. The van der Waals surface area contributed by atoms with Crippen LogP contribution in [0, 0.1) is 16.7 Å². The van der Waals surface area contributed by atoms with E-state index in [0.717, 1.165) is 5.75 Å². The lowest BCUT2D eigenvalue weighted by molar-refractivity contribution is -0.125. The average molecular weight is 200 g/mol. The number of hydrogen-bond acceptors (Lipinski definition) is 4. The zero-order valence-corrected chi connectivity index (χ0v) is 9.15. The Hall–Kier alpha value is -0.530. The zero-order valence-electron chi connectivity index (χ0n) is 8.33. The predicted molar refractivity (Wildman–Crippen MR) is 55.4 cm³/mol. The first-order valence-electron chi connectivity index (χ1n) is 4.15. The van der Waals surface area contributed by atoms with Gasteiger partial charge in [-0.25, -0.2) is 0 Å². The van der Waals surface area contributed by atoms with E-state index in [2.05, 4.69) is 0 Å². The first-order valence-corrected chi connectivity index (χ1v) is 5.55. The smallest absolute Gasteiger partial charge is 0.169 e. The van der Waals surface area contributed by atoms with Gasteiger partial charge in [0.1, 0.15) is 5.41 Å². The van der Waals surface area contributed by atoms with Crippen LogP contribution in [0.15, 0.2) is 0 Å². The summed E-state index contributed by atoms with van der Waals surface area (Å²) in [4.78, 5) is 11.5. The van der Waals surface area contributed by atoms with Crippen LogP contribution in [0.2, 0.25) is 0 Å². The third-order valence-electron chi connectivity index (χ3n) is 1.87. The molecule has 0 aliphatic heterocycles. The number of nitrogens with two attached hydrogens (primary N) is 1. The molecule has 0 bridgehead atoms. The van der Waals surface area contributed by atoms with Crippen LogP contribution in [0.5, 0.6) is 0 Å². The van der Waals surface area contributed by atoms with E-state index in [4.69, 9.17) is 11.0 Å². The molecule has 4 heteroatoms. The molecule has 74 valence electrons. The van der Waals surface area contributed by atoms with Crippen LogP contribution in [0.4, 0.5) is 0 Å². The fraction of sp³-hybridized carbons (Fsp3) is 0.778. The van der Waals surface area contributed by atoms with Crippen molar-refractivity contribution >= 4 is 17.5 Å². The molecule has 0 aliphatic rings. The minimum absolute atomic E-state index is 0.163. The molecule has 0 saturated carbocycles. The molecule has 2 N–H and O–H groups in total. The van der Waals surface area contributed by atoms with Crippen molar-refractivity contribution in [3.05, 3.63) is 0 Å². The molecule has 0 fully saturated rings. The summed E-state index contributed by atoms with van der Waals surface area (Å²) in [6.45, 7) is 3.21. The summed E-state index contributed by atoms with van der Waals surface area (Å²) in [6.07, 6.45) is 2.61. The van der Waals surface area contributed by atoms with Gasteiger partial charge in [0.15, 0.2) is 5.78 Å². The SMILES string of the molecule is CSCC[C@H](N)C(=O)C(C)(C)C#N. The lowest BCUT2D eigenvalue weighted by Gasteiger charge is -2.18. The topological polar surface area (TPSA) is 66.9 Å². The molecule has 0 spiro atoms. The summed E-state index contributed by atoms with van der Waals surface area (Å²) in [6, 6.07) is 1.46. The van der Waals surface area contributed by atoms with E-state index in [1.165, 1.54) is 0 Å². The van der Waals surface area contributed by atoms with Gasteiger partial charge in [0, 0.05) is 0 Å². The Morgan fingerprint density at radius 1 is 1.69 bits per heavy atom. The molecule has 0 radical (unpaired) electrons. The second-order valence-electron chi connectivity index (χ2n) is 3.49. The minimum Gasteiger partial charge on any atom is -0.321 e. The Labute approximate surface area is 83.7 Å². The lowest BCUT2D eigenvalue weighted by Crippen LogP contribution is -2.40. The number of carbonyl (C=O) groups excluding carboxylic acids is 1. The fourth-order valence-corrected chi connectivity index (χ4v) is 1.38. The molecule has 1 atom stereocenters. The largest absolute Gasteiger partial charge is 0.321 e. The van der Waals surface area contributed by atoms with Crippen LogP contribution in [-0.2, 0) is 4.79 Å². The van der Waals surface area contributed by atoms with Gasteiger partial charge in [0.2, 0.25) is 0 Å². The molecular weight excluding hydrogens is 184 g/mol. The molecule has 3 nitrogen and oxygen atoms in total. The Kier molecular flexibility index (Phi) is 5.04. The summed E-state index contributed by atoms with van der Waals surface area (Å²) in [7, 11) is 0. The Morgan fingerprint density at radius 3 is 2.62 bits per heavy atom. The van der Waals surface area contributed by atoms with E-state index in [1.54, 1.807) is 25.6 Å². The Bertz CT molecular complexity index is 220. The van der Waals surface area contributed by atoms with Crippen molar-refractivity contribution < 1.29 is 4.79 Å². The number of nitriles is 1. The standard InChI is InChI=1S/C9H16N2OS/c1-9(2,6-10)8(12)7(11)4-5-13-3/h7H,4-5,11H2,1-3H3/t7-/m0/s1. The number of nitrogens with zero attached hydrogens (tertiary/aromatic N) is 1. The van der Waals surface area contributed by atoms with Crippen molar-refractivity contribution in [1.82, 2.24) is 0 Å². The second-order valence-corrected chi connectivity index (χ2v) is 4.47. The van der Waals surface area contributed by atoms with E-state index in [0.29, 0.717) is 6.42 Å². The van der Waals surface area contributed by atoms with Gasteiger partial charge in [-0.1, -0.05) is 0 Å². The predicted octanol–water partition coefficient (Wildman–Crippen LogP) is 1.19. The van der Waals surface area contributed by atoms with Crippen LogP contribution < -0.4 is 5.73 Å². The number of hydrogen-bond donors (Lipinski definition) is 1. The van der Waals surface area contributed by atoms with Crippen molar-refractivity contribution in [3.8, 4) is 6.07 Å². The van der Waals surface area contributed by atoms with Crippen molar-refractivity contribution in [1.29, 1.82) is 5.26 Å². The highest BCUT2D eigenvalue weighted by Gasteiger charge is 2.31. The molecule has 0 unspecified atom stereocenters. The highest BCUT2D eigenvalue weighted by atomic mass is 32.2. The van der Waals surface area contributed by atoms with E-state index in [9.17, 15) is 4.79 Å². The van der Waals surface area contributed by atoms with Gasteiger partial charge in [-0.05, 0) is 32.3 Å². The maximum atomic E-state index is 11.5. The molecule has 0 saturated heterocycles. The van der Waals surface area contributed by atoms with Gasteiger partial charge in [-0.2, -0.15) is 17.0 Å². The third-order valence-corrected chi connectivity index (χ3v) is 2.51. The summed E-state index contributed by atoms with van der Waals surface area (Å²) in [5, 5.41) is 8.71. The van der Waals surface area contributed by atoms with Gasteiger partial charge in [0.05, 0.1) is 12.1 Å². The number of Topliss-reactive ketones (excluding diaryl/α,β-unsaturated/α-hetero) is 1. The normalized spacial score (nSPS) is 13.5. The first kappa shape index (κ1) is 12.5. The summed E-state index contributed by atoms with van der Waals surface area (Å²) in [5.41, 5.74) is 4.70. The van der Waals surface area contributed by atoms with Gasteiger partial charge >= 0.3 is 0 Å². The molecule has 0 aliphatic carbocycles. The fourth-order valence-electron chi connectivity index (χ4n) is 0.894. The number of thioether (sulfide) groups is 1. The number of rotatable bonds is 5.